The van der Waals surface area contributed by atoms with E-state index in [-0.39, 0.29) is 30.2 Å². The van der Waals surface area contributed by atoms with E-state index in [4.69, 9.17) is 4.74 Å². The van der Waals surface area contributed by atoms with Crippen molar-refractivity contribution in [2.24, 2.45) is 0 Å². The number of hydrogen-bond acceptors (Lipinski definition) is 6. The third-order valence-electron chi connectivity index (χ3n) is 8.36. The molecule has 1 atom stereocenters. The van der Waals surface area contributed by atoms with Gasteiger partial charge in [0.15, 0.2) is 0 Å². The topological polar surface area (TPSA) is 128 Å². The number of carbonyl (C=O) groups is 4. The fourth-order valence-corrected chi connectivity index (χ4v) is 5.77. The number of benzene rings is 4. The van der Waals surface area contributed by atoms with Crippen LogP contribution in [0.4, 0.5) is 11.4 Å². The molecule has 0 aliphatic carbocycles. The van der Waals surface area contributed by atoms with E-state index in [0.29, 0.717) is 55.2 Å². The number of carboxylic acid groups (broad SMARTS) is 1. The first-order valence-electron chi connectivity index (χ1n) is 16.0. The Kier molecular flexibility index (Phi) is 11.1. The average Bonchev–Trinajstić information content (AvgIpc) is 3.35. The summed E-state index contributed by atoms with van der Waals surface area (Å²) in [6.07, 6.45) is 0.533. The molecule has 1 aliphatic rings. The van der Waals surface area contributed by atoms with Crippen molar-refractivity contribution in [3.63, 3.8) is 0 Å². The molecule has 0 aromatic heterocycles. The highest BCUT2D eigenvalue weighted by atomic mass is 16.5. The summed E-state index contributed by atoms with van der Waals surface area (Å²) in [4.78, 5) is 55.7. The number of amides is 3. The van der Waals surface area contributed by atoms with E-state index < -0.39 is 17.9 Å². The number of methoxy groups -OCH3 is 1. The number of anilines is 2. The Hall–Kier alpha value is -5.64. The lowest BCUT2D eigenvalue weighted by Crippen LogP contribution is -2.35. The van der Waals surface area contributed by atoms with Crippen LogP contribution >= 0.6 is 0 Å². The first-order valence-corrected chi connectivity index (χ1v) is 16.0. The molecule has 48 heavy (non-hydrogen) atoms. The number of nitrogens with zero attached hydrogens (tertiary/aromatic N) is 2. The Morgan fingerprint density at radius 1 is 0.833 bits per heavy atom. The molecule has 3 amide bonds. The number of hydrogen-bond donors (Lipinski definition) is 3. The third kappa shape index (κ3) is 8.79. The molecule has 4 aromatic carbocycles. The van der Waals surface area contributed by atoms with Gasteiger partial charge in [0.1, 0.15) is 5.75 Å². The summed E-state index contributed by atoms with van der Waals surface area (Å²) < 4.78 is 5.23. The predicted octanol–water partition coefficient (Wildman–Crippen LogP) is 5.48. The standard InChI is InChI=1S/C38H40N4O6/c1-26-9-13-28(14-10-26)32(25-36(44)45)40-37(46)30-15-18-34(33(24-30)39-35(43)23-27-11-16-31(48-2)17-12-27)41-19-6-20-42(22-21-41)38(47)29-7-4-3-5-8-29/h3-5,7-18,24,32H,6,19-23,25H2,1-2H3,(H,39,43)(H,40,46)(H,44,45). The molecule has 1 saturated heterocycles. The molecule has 1 unspecified atom stereocenters. The number of nitrogens with one attached hydrogen (secondary N) is 2. The number of aliphatic carboxylic acids is 1. The lowest BCUT2D eigenvalue weighted by atomic mass is 10.0. The van der Waals surface area contributed by atoms with Crippen LogP contribution in [0.1, 0.15) is 56.3 Å². The highest BCUT2D eigenvalue weighted by molar-refractivity contribution is 6.01. The van der Waals surface area contributed by atoms with Crippen molar-refractivity contribution < 1.29 is 29.0 Å². The SMILES string of the molecule is COc1ccc(CC(=O)Nc2cc(C(=O)NC(CC(=O)O)c3ccc(C)cc3)ccc2N2CCCN(C(=O)c3ccccc3)CC2)cc1. The van der Waals surface area contributed by atoms with E-state index >= 15 is 0 Å². The third-order valence-corrected chi connectivity index (χ3v) is 8.36. The largest absolute Gasteiger partial charge is 0.497 e. The minimum Gasteiger partial charge on any atom is -0.497 e. The van der Waals surface area contributed by atoms with E-state index in [2.05, 4.69) is 15.5 Å². The van der Waals surface area contributed by atoms with E-state index in [1.807, 2.05) is 78.6 Å². The second kappa shape index (κ2) is 15.8. The summed E-state index contributed by atoms with van der Waals surface area (Å²) in [5, 5.41) is 15.5. The van der Waals surface area contributed by atoms with Gasteiger partial charge in [-0.25, -0.2) is 0 Å². The van der Waals surface area contributed by atoms with Gasteiger partial charge in [0.25, 0.3) is 11.8 Å². The van der Waals surface area contributed by atoms with Crippen LogP contribution < -0.4 is 20.3 Å². The molecular formula is C38H40N4O6. The van der Waals surface area contributed by atoms with Crippen molar-refractivity contribution in [2.45, 2.75) is 32.2 Å². The van der Waals surface area contributed by atoms with Crippen molar-refractivity contribution in [3.8, 4) is 5.75 Å². The second-order valence-electron chi connectivity index (χ2n) is 11.8. The number of aryl methyl sites for hydroxylation is 1. The number of carboxylic acids is 1. The van der Waals surface area contributed by atoms with Crippen LogP contribution in [0, 0.1) is 6.92 Å². The van der Waals surface area contributed by atoms with Gasteiger partial charge in [-0.3, -0.25) is 19.2 Å². The Balaban J connectivity index is 1.39. The second-order valence-corrected chi connectivity index (χ2v) is 11.8. The molecule has 0 bridgehead atoms. The van der Waals surface area contributed by atoms with Crippen LogP contribution in [0.5, 0.6) is 5.75 Å². The van der Waals surface area contributed by atoms with E-state index in [1.165, 1.54) is 0 Å². The monoisotopic (exact) mass is 648 g/mol. The Morgan fingerprint density at radius 3 is 2.25 bits per heavy atom. The molecule has 1 fully saturated rings. The molecule has 3 N–H and O–H groups in total. The molecule has 1 aliphatic heterocycles. The van der Waals surface area contributed by atoms with Gasteiger partial charge in [-0.2, -0.15) is 0 Å². The van der Waals surface area contributed by atoms with Crippen molar-refractivity contribution in [2.75, 3.05) is 43.5 Å². The highest BCUT2D eigenvalue weighted by Gasteiger charge is 2.24. The summed E-state index contributed by atoms with van der Waals surface area (Å²) in [5.74, 6) is -1.11. The summed E-state index contributed by atoms with van der Waals surface area (Å²) in [6.45, 7) is 4.18. The zero-order valence-corrected chi connectivity index (χ0v) is 27.1. The van der Waals surface area contributed by atoms with Crippen molar-refractivity contribution >= 4 is 35.1 Å². The molecule has 1 heterocycles. The molecule has 10 heteroatoms. The molecule has 10 nitrogen and oxygen atoms in total. The quantitative estimate of drug-likeness (QED) is 0.196. The first kappa shape index (κ1) is 33.7. The molecule has 0 spiro atoms. The molecule has 0 saturated carbocycles. The summed E-state index contributed by atoms with van der Waals surface area (Å²) in [7, 11) is 1.58. The van der Waals surface area contributed by atoms with E-state index in [9.17, 15) is 24.3 Å². The molecule has 4 aromatic rings. The first-order chi connectivity index (χ1) is 23.2. The zero-order chi connectivity index (χ0) is 34.0. The van der Waals surface area contributed by atoms with Gasteiger partial charge in [0.05, 0.1) is 37.4 Å². The minimum absolute atomic E-state index is 0.0259. The van der Waals surface area contributed by atoms with Gasteiger partial charge in [-0.05, 0) is 66.9 Å². The van der Waals surface area contributed by atoms with Gasteiger partial charge >= 0.3 is 5.97 Å². The average molecular weight is 649 g/mol. The van der Waals surface area contributed by atoms with Crippen molar-refractivity contribution in [3.05, 3.63) is 125 Å². The van der Waals surface area contributed by atoms with Crippen molar-refractivity contribution in [1.29, 1.82) is 0 Å². The van der Waals surface area contributed by atoms with Crippen LogP contribution in [0.15, 0.2) is 97.1 Å². The van der Waals surface area contributed by atoms with Gasteiger partial charge in [0, 0.05) is 37.3 Å². The summed E-state index contributed by atoms with van der Waals surface area (Å²) in [5.41, 5.74) is 4.59. The summed E-state index contributed by atoms with van der Waals surface area (Å²) >= 11 is 0. The van der Waals surface area contributed by atoms with E-state index in [0.717, 1.165) is 16.8 Å². The molecular weight excluding hydrogens is 608 g/mol. The van der Waals surface area contributed by atoms with Gasteiger partial charge in [-0.15, -0.1) is 0 Å². The minimum atomic E-state index is -1.04. The number of ether oxygens (including phenoxy) is 1. The predicted molar refractivity (Wildman–Crippen MR) is 185 cm³/mol. The number of rotatable bonds is 11. The van der Waals surface area contributed by atoms with Gasteiger partial charge in [0.2, 0.25) is 5.91 Å². The Bertz CT molecular complexity index is 1740. The van der Waals surface area contributed by atoms with E-state index in [1.54, 1.807) is 37.4 Å². The highest BCUT2D eigenvalue weighted by Crippen LogP contribution is 2.30. The molecule has 0 radical (unpaired) electrons. The van der Waals surface area contributed by atoms with Gasteiger partial charge in [-0.1, -0.05) is 60.2 Å². The molecule has 5 rings (SSSR count). The van der Waals surface area contributed by atoms with Crippen molar-refractivity contribution in [1.82, 2.24) is 10.2 Å². The van der Waals surface area contributed by atoms with Crippen LogP contribution in [0.25, 0.3) is 0 Å². The summed E-state index contributed by atoms with van der Waals surface area (Å²) in [6, 6.07) is 28.1. The van der Waals surface area contributed by atoms with Crippen LogP contribution in [0.3, 0.4) is 0 Å². The van der Waals surface area contributed by atoms with Crippen LogP contribution in [-0.4, -0.2) is 67.0 Å². The lowest BCUT2D eigenvalue weighted by molar-refractivity contribution is -0.137. The zero-order valence-electron chi connectivity index (χ0n) is 27.1. The number of carbonyl (C=O) groups excluding carboxylic acids is 3. The smallest absolute Gasteiger partial charge is 0.305 e. The maximum absolute atomic E-state index is 13.6. The lowest BCUT2D eigenvalue weighted by Gasteiger charge is -2.27. The fourth-order valence-electron chi connectivity index (χ4n) is 5.77. The Labute approximate surface area is 280 Å². The maximum atomic E-state index is 13.6. The molecule has 248 valence electrons. The maximum Gasteiger partial charge on any atom is 0.305 e. The fraction of sp³-hybridized carbons (Fsp3) is 0.263. The van der Waals surface area contributed by atoms with Gasteiger partial charge < -0.3 is 30.3 Å². The van der Waals surface area contributed by atoms with Crippen LogP contribution in [0.2, 0.25) is 0 Å². The Morgan fingerprint density at radius 2 is 1.56 bits per heavy atom. The van der Waals surface area contributed by atoms with Crippen LogP contribution in [-0.2, 0) is 16.0 Å². The normalized spacial score (nSPS) is 13.6.